The van der Waals surface area contributed by atoms with Gasteiger partial charge in [0.25, 0.3) is 5.69 Å². The van der Waals surface area contributed by atoms with Gasteiger partial charge in [-0.15, -0.1) is 0 Å². The number of nitrogens with one attached hydrogen (secondary N) is 1. The van der Waals surface area contributed by atoms with E-state index in [4.69, 9.17) is 0 Å². The number of benzene rings is 2. The molecule has 2 rings (SSSR count). The van der Waals surface area contributed by atoms with Gasteiger partial charge in [-0.3, -0.25) is 10.1 Å². The molecule has 0 heterocycles. The van der Waals surface area contributed by atoms with Gasteiger partial charge in [-0.2, -0.15) is 0 Å². The summed E-state index contributed by atoms with van der Waals surface area (Å²) in [6.45, 7) is 1.56. The molecule has 0 bridgehead atoms. The molecule has 2 unspecified atom stereocenters. The molecule has 2 aromatic rings. The summed E-state index contributed by atoms with van der Waals surface area (Å²) in [5, 5.41) is 33.5. The summed E-state index contributed by atoms with van der Waals surface area (Å²) in [4.78, 5) is 10.6. The highest BCUT2D eigenvalue weighted by atomic mass is 19.1. The second-order valence-corrected chi connectivity index (χ2v) is 5.62. The van der Waals surface area contributed by atoms with Gasteiger partial charge in [0.2, 0.25) is 0 Å². The Labute approximate surface area is 138 Å². The minimum Gasteiger partial charge on any atom is -0.392 e. The van der Waals surface area contributed by atoms with Crippen LogP contribution in [0.5, 0.6) is 0 Å². The summed E-state index contributed by atoms with van der Waals surface area (Å²) in [6, 6.07) is 9.59. The number of anilines is 1. The van der Waals surface area contributed by atoms with Crippen LogP contribution in [-0.2, 0) is 6.61 Å². The minimum atomic E-state index is -0.826. The lowest BCUT2D eigenvalue weighted by atomic mass is 10.0. The van der Waals surface area contributed by atoms with Gasteiger partial charge >= 0.3 is 0 Å². The van der Waals surface area contributed by atoms with Crippen molar-refractivity contribution in [1.29, 1.82) is 0 Å². The summed E-state index contributed by atoms with van der Waals surface area (Å²) < 4.78 is 12.9. The molecule has 2 aromatic carbocycles. The van der Waals surface area contributed by atoms with E-state index in [-0.39, 0.29) is 36.3 Å². The monoisotopic (exact) mass is 334 g/mol. The second-order valence-electron chi connectivity index (χ2n) is 5.62. The molecule has 128 valence electrons. The number of nitrogens with zero attached hydrogens (tertiary/aromatic N) is 1. The van der Waals surface area contributed by atoms with Crippen LogP contribution in [0.2, 0.25) is 0 Å². The molecule has 3 N–H and O–H groups in total. The highest BCUT2D eigenvalue weighted by Gasteiger charge is 2.18. The largest absolute Gasteiger partial charge is 0.392 e. The number of nitro groups is 1. The third-order valence-electron chi connectivity index (χ3n) is 3.67. The molecule has 0 fully saturated rings. The molecule has 0 saturated carbocycles. The van der Waals surface area contributed by atoms with E-state index in [2.05, 4.69) is 5.32 Å². The van der Waals surface area contributed by atoms with Crippen molar-refractivity contribution < 1.29 is 19.5 Å². The number of aliphatic hydroxyl groups is 2. The molecule has 0 spiro atoms. The topological polar surface area (TPSA) is 95.6 Å². The van der Waals surface area contributed by atoms with Gasteiger partial charge in [-0.05, 0) is 48.7 Å². The van der Waals surface area contributed by atoms with Gasteiger partial charge < -0.3 is 15.5 Å². The fraction of sp³-hybridized carbons (Fsp3) is 0.294. The predicted octanol–water partition coefficient (Wildman–Crippen LogP) is 3.15. The van der Waals surface area contributed by atoms with E-state index in [1.54, 1.807) is 6.92 Å². The number of hydrogen-bond acceptors (Lipinski definition) is 5. The van der Waals surface area contributed by atoms with Crippen LogP contribution < -0.4 is 5.32 Å². The van der Waals surface area contributed by atoms with E-state index >= 15 is 0 Å². The average molecular weight is 334 g/mol. The average Bonchev–Trinajstić information content (AvgIpc) is 2.54. The maximum atomic E-state index is 12.9. The Morgan fingerprint density at radius 1 is 1.25 bits per heavy atom. The van der Waals surface area contributed by atoms with Crippen molar-refractivity contribution in [1.82, 2.24) is 0 Å². The summed E-state index contributed by atoms with van der Waals surface area (Å²) in [5.41, 5.74) is 1.30. The Balaban J connectivity index is 2.09. The first kappa shape index (κ1) is 17.8. The Morgan fingerprint density at radius 3 is 2.50 bits per heavy atom. The summed E-state index contributed by atoms with van der Waals surface area (Å²) in [5.74, 6) is -0.381. The van der Waals surface area contributed by atoms with Crippen molar-refractivity contribution in [3.05, 3.63) is 69.5 Å². The standard InChI is InChI=1S/C17H19FN2O4/c1-11(8-17(22)13-3-5-14(18)6-4-13)19-15-9-12(10-21)2-7-16(15)20(23)24/h2-7,9,11,17,19,21-22H,8,10H2,1H3. The SMILES string of the molecule is CC(CC(O)c1ccc(F)cc1)Nc1cc(CO)ccc1[N+](=O)[O-]. The van der Waals surface area contributed by atoms with E-state index in [0.29, 0.717) is 11.1 Å². The van der Waals surface area contributed by atoms with Crippen LogP contribution in [0, 0.1) is 15.9 Å². The Bertz CT molecular complexity index is 706. The fourth-order valence-electron chi connectivity index (χ4n) is 2.44. The van der Waals surface area contributed by atoms with Crippen molar-refractivity contribution in [2.75, 3.05) is 5.32 Å². The molecule has 0 aromatic heterocycles. The number of nitro benzene ring substituents is 1. The maximum absolute atomic E-state index is 12.9. The lowest BCUT2D eigenvalue weighted by Gasteiger charge is -2.19. The molecule has 0 aliphatic carbocycles. The van der Waals surface area contributed by atoms with E-state index in [9.17, 15) is 24.7 Å². The van der Waals surface area contributed by atoms with Crippen LogP contribution in [0.1, 0.15) is 30.6 Å². The molecular weight excluding hydrogens is 315 g/mol. The van der Waals surface area contributed by atoms with Crippen molar-refractivity contribution >= 4 is 11.4 Å². The van der Waals surface area contributed by atoms with Crippen molar-refractivity contribution in [2.45, 2.75) is 32.1 Å². The maximum Gasteiger partial charge on any atom is 0.292 e. The fourth-order valence-corrected chi connectivity index (χ4v) is 2.44. The van der Waals surface area contributed by atoms with Crippen molar-refractivity contribution in [2.24, 2.45) is 0 Å². The van der Waals surface area contributed by atoms with Gasteiger partial charge in [0.05, 0.1) is 17.6 Å². The lowest BCUT2D eigenvalue weighted by Crippen LogP contribution is -2.19. The normalized spacial score (nSPS) is 13.3. The Kier molecular flexibility index (Phi) is 5.83. The summed E-state index contributed by atoms with van der Waals surface area (Å²) in [7, 11) is 0. The van der Waals surface area contributed by atoms with Crippen LogP contribution in [-0.4, -0.2) is 21.2 Å². The third-order valence-corrected chi connectivity index (χ3v) is 3.67. The minimum absolute atomic E-state index is 0.102. The number of halogens is 1. The summed E-state index contributed by atoms with van der Waals surface area (Å²) in [6.07, 6.45) is -0.542. The van der Waals surface area contributed by atoms with Gasteiger partial charge in [0, 0.05) is 12.1 Å². The van der Waals surface area contributed by atoms with E-state index in [0.717, 1.165) is 0 Å². The van der Waals surface area contributed by atoms with Gasteiger partial charge in [-0.1, -0.05) is 12.1 Å². The van der Waals surface area contributed by atoms with Gasteiger partial charge in [0.1, 0.15) is 11.5 Å². The highest BCUT2D eigenvalue weighted by Crippen LogP contribution is 2.28. The van der Waals surface area contributed by atoms with Crippen LogP contribution >= 0.6 is 0 Å². The first-order chi connectivity index (χ1) is 11.4. The molecule has 0 aliphatic rings. The second kappa shape index (κ2) is 7.85. The van der Waals surface area contributed by atoms with Crippen molar-refractivity contribution in [3.8, 4) is 0 Å². The molecular formula is C17H19FN2O4. The van der Waals surface area contributed by atoms with Crippen LogP contribution in [0.25, 0.3) is 0 Å². The van der Waals surface area contributed by atoms with Gasteiger partial charge in [-0.25, -0.2) is 4.39 Å². The highest BCUT2D eigenvalue weighted by molar-refractivity contribution is 5.63. The van der Waals surface area contributed by atoms with Crippen LogP contribution in [0.4, 0.5) is 15.8 Å². The molecule has 0 saturated heterocycles. The molecule has 7 heteroatoms. The predicted molar refractivity (Wildman–Crippen MR) is 88.1 cm³/mol. The Morgan fingerprint density at radius 2 is 1.92 bits per heavy atom. The van der Waals surface area contributed by atoms with Gasteiger partial charge in [0.15, 0.2) is 0 Å². The lowest BCUT2D eigenvalue weighted by molar-refractivity contribution is -0.384. The number of rotatable bonds is 7. The van der Waals surface area contributed by atoms with E-state index in [1.165, 1.54) is 42.5 Å². The third kappa shape index (κ3) is 4.50. The van der Waals surface area contributed by atoms with Crippen molar-refractivity contribution in [3.63, 3.8) is 0 Å². The van der Waals surface area contributed by atoms with Crippen LogP contribution in [0.15, 0.2) is 42.5 Å². The zero-order valence-corrected chi connectivity index (χ0v) is 13.1. The zero-order chi connectivity index (χ0) is 17.7. The molecule has 0 amide bonds. The molecule has 6 nitrogen and oxygen atoms in total. The van der Waals surface area contributed by atoms with E-state index < -0.39 is 11.0 Å². The molecule has 2 atom stereocenters. The van der Waals surface area contributed by atoms with E-state index in [1.807, 2.05) is 0 Å². The smallest absolute Gasteiger partial charge is 0.292 e. The molecule has 0 aliphatic heterocycles. The molecule has 24 heavy (non-hydrogen) atoms. The zero-order valence-electron chi connectivity index (χ0n) is 13.1. The van der Waals surface area contributed by atoms with Crippen LogP contribution in [0.3, 0.4) is 0 Å². The first-order valence-corrected chi connectivity index (χ1v) is 7.49. The summed E-state index contributed by atoms with van der Waals surface area (Å²) >= 11 is 0. The molecule has 0 radical (unpaired) electrons. The Hall–Kier alpha value is -2.51. The number of aliphatic hydroxyl groups excluding tert-OH is 2. The number of hydrogen-bond donors (Lipinski definition) is 3. The quantitative estimate of drug-likeness (QED) is 0.534. The first-order valence-electron chi connectivity index (χ1n) is 7.49.